The molecule has 0 saturated carbocycles. The number of hydrogen-bond donors (Lipinski definition) is 0. The van der Waals surface area contributed by atoms with Gasteiger partial charge in [-0.2, -0.15) is 11.8 Å². The summed E-state index contributed by atoms with van der Waals surface area (Å²) in [4.78, 5) is 20.5. The van der Waals surface area contributed by atoms with Gasteiger partial charge in [0.05, 0.1) is 18.1 Å². The number of rotatable bonds is 6. The Morgan fingerprint density at radius 3 is 2.86 bits per heavy atom. The Kier molecular flexibility index (Phi) is 5.54. The third kappa shape index (κ3) is 3.65. The number of hydrogen-bond acceptors (Lipinski definition) is 4. The van der Waals surface area contributed by atoms with E-state index >= 15 is 0 Å². The van der Waals surface area contributed by atoms with E-state index in [1.807, 2.05) is 20.1 Å². The minimum Gasteiger partial charge on any atom is -0.273 e. The number of carbonyl (C=O) groups excluding carboxylic acids is 1. The lowest BCUT2D eigenvalue weighted by molar-refractivity contribution is -0.119. The van der Waals surface area contributed by atoms with Gasteiger partial charge in [0.15, 0.2) is 0 Å². The Bertz CT molecular complexity index is 659. The van der Waals surface area contributed by atoms with Gasteiger partial charge in [0, 0.05) is 30.5 Å². The molecule has 5 nitrogen and oxygen atoms in total. The van der Waals surface area contributed by atoms with Crippen LogP contribution in [0.3, 0.4) is 0 Å². The number of carbonyl (C=O) groups is 1. The molecule has 7 heteroatoms. The molecular weight excluding hydrogens is 303 g/mol. The van der Waals surface area contributed by atoms with Gasteiger partial charge < -0.3 is 0 Å². The maximum atomic E-state index is 13.3. The Hall–Kier alpha value is -1.89. The van der Waals surface area contributed by atoms with Crippen LogP contribution in [0.15, 0.2) is 24.7 Å². The molecule has 0 spiro atoms. The van der Waals surface area contributed by atoms with Gasteiger partial charge in [-0.05, 0) is 26.2 Å². The topological polar surface area (TPSA) is 51.0 Å². The summed E-state index contributed by atoms with van der Waals surface area (Å²) >= 11 is 1.64. The van der Waals surface area contributed by atoms with E-state index in [1.54, 1.807) is 33.8 Å². The quantitative estimate of drug-likeness (QED) is 0.820. The van der Waals surface area contributed by atoms with E-state index in [-0.39, 0.29) is 5.91 Å². The molecular formula is C15H19FN4OS. The van der Waals surface area contributed by atoms with Crippen molar-refractivity contribution in [2.45, 2.75) is 20.3 Å². The third-order valence-electron chi connectivity index (χ3n) is 3.23. The molecule has 0 bridgehead atoms. The van der Waals surface area contributed by atoms with Crippen molar-refractivity contribution in [2.75, 3.05) is 23.6 Å². The molecule has 0 atom stereocenters. The maximum absolute atomic E-state index is 13.3. The fourth-order valence-corrected chi connectivity index (χ4v) is 2.55. The zero-order valence-corrected chi connectivity index (χ0v) is 13.7. The molecule has 2 aromatic heterocycles. The van der Waals surface area contributed by atoms with Gasteiger partial charge in [-0.3, -0.25) is 9.78 Å². The zero-order valence-electron chi connectivity index (χ0n) is 12.9. The van der Waals surface area contributed by atoms with Crippen LogP contribution in [0.5, 0.6) is 0 Å². The first-order valence-corrected chi connectivity index (χ1v) is 8.42. The Balaban J connectivity index is 2.30. The molecule has 0 radical (unpaired) electrons. The Morgan fingerprint density at radius 1 is 1.45 bits per heavy atom. The van der Waals surface area contributed by atoms with Gasteiger partial charge in [0.25, 0.3) is 0 Å². The van der Waals surface area contributed by atoms with Gasteiger partial charge in [-0.1, -0.05) is 0 Å². The van der Waals surface area contributed by atoms with Crippen molar-refractivity contribution >= 4 is 17.7 Å². The van der Waals surface area contributed by atoms with Crippen molar-refractivity contribution < 1.29 is 9.18 Å². The Morgan fingerprint density at radius 2 is 2.23 bits per heavy atom. The number of halogens is 1. The van der Waals surface area contributed by atoms with E-state index in [0.717, 1.165) is 11.9 Å². The normalized spacial score (nSPS) is 10.7. The van der Waals surface area contributed by atoms with E-state index in [2.05, 4.69) is 9.97 Å². The Labute approximate surface area is 133 Å². The third-order valence-corrected chi connectivity index (χ3v) is 3.84. The monoisotopic (exact) mass is 322 g/mol. The van der Waals surface area contributed by atoms with Crippen LogP contribution < -0.4 is 5.01 Å². The summed E-state index contributed by atoms with van der Waals surface area (Å²) in [6.07, 6.45) is 6.90. The standard InChI is InChI=1S/C15H19FN4OS/c1-4-19(15(21)5-6-22-3)20-10-14(18-11(20)2)12-7-13(16)9-17-8-12/h7-10H,4-6H2,1-3H3. The van der Waals surface area contributed by atoms with Crippen LogP contribution in [0.2, 0.25) is 0 Å². The fraction of sp³-hybridized carbons (Fsp3) is 0.400. The largest absolute Gasteiger partial charge is 0.273 e. The summed E-state index contributed by atoms with van der Waals surface area (Å²) in [6, 6.07) is 1.38. The molecule has 1 amide bonds. The predicted molar refractivity (Wildman–Crippen MR) is 86.9 cm³/mol. The molecule has 0 aromatic carbocycles. The van der Waals surface area contributed by atoms with Crippen LogP contribution in [0.4, 0.5) is 4.39 Å². The first-order chi connectivity index (χ1) is 10.6. The summed E-state index contributed by atoms with van der Waals surface area (Å²) < 4.78 is 15.0. The molecule has 2 aromatic rings. The molecule has 0 aliphatic heterocycles. The second kappa shape index (κ2) is 7.40. The van der Waals surface area contributed by atoms with Crippen molar-refractivity contribution in [3.05, 3.63) is 36.3 Å². The van der Waals surface area contributed by atoms with Crippen molar-refractivity contribution in [2.24, 2.45) is 0 Å². The lowest BCUT2D eigenvalue weighted by Crippen LogP contribution is -2.40. The van der Waals surface area contributed by atoms with Crippen LogP contribution >= 0.6 is 11.8 Å². The second-order valence-electron chi connectivity index (χ2n) is 4.76. The average molecular weight is 322 g/mol. The molecule has 0 unspecified atom stereocenters. The van der Waals surface area contributed by atoms with Gasteiger partial charge in [-0.15, -0.1) is 0 Å². The molecule has 2 heterocycles. The highest BCUT2D eigenvalue weighted by molar-refractivity contribution is 7.98. The van der Waals surface area contributed by atoms with E-state index in [4.69, 9.17) is 0 Å². The maximum Gasteiger partial charge on any atom is 0.242 e. The highest BCUT2D eigenvalue weighted by atomic mass is 32.2. The van der Waals surface area contributed by atoms with Crippen molar-refractivity contribution in [1.29, 1.82) is 0 Å². The van der Waals surface area contributed by atoms with Crippen molar-refractivity contribution in [1.82, 2.24) is 14.6 Å². The van der Waals surface area contributed by atoms with Crippen molar-refractivity contribution in [3.8, 4) is 11.3 Å². The van der Waals surface area contributed by atoms with Crippen LogP contribution in [0.25, 0.3) is 11.3 Å². The number of imidazole rings is 1. The lowest BCUT2D eigenvalue weighted by Gasteiger charge is -2.22. The first-order valence-electron chi connectivity index (χ1n) is 7.03. The number of nitrogens with zero attached hydrogens (tertiary/aromatic N) is 4. The summed E-state index contributed by atoms with van der Waals surface area (Å²) in [5.74, 6) is 1.09. The smallest absolute Gasteiger partial charge is 0.242 e. The molecule has 118 valence electrons. The number of aryl methyl sites for hydroxylation is 1. The van der Waals surface area contributed by atoms with Crippen LogP contribution in [0, 0.1) is 12.7 Å². The van der Waals surface area contributed by atoms with E-state index in [1.165, 1.54) is 6.07 Å². The van der Waals surface area contributed by atoms with E-state index in [9.17, 15) is 9.18 Å². The summed E-state index contributed by atoms with van der Waals surface area (Å²) in [7, 11) is 0. The highest BCUT2D eigenvalue weighted by Crippen LogP contribution is 2.19. The minimum atomic E-state index is -0.409. The SMILES string of the molecule is CCN(C(=O)CCSC)n1cc(-c2cncc(F)c2)nc1C. The number of pyridine rings is 1. The number of thioether (sulfide) groups is 1. The van der Waals surface area contributed by atoms with Crippen LogP contribution in [-0.4, -0.2) is 39.1 Å². The summed E-state index contributed by atoms with van der Waals surface area (Å²) in [5.41, 5.74) is 1.19. The molecule has 0 N–H and O–H groups in total. The van der Waals surface area contributed by atoms with Gasteiger partial charge in [0.2, 0.25) is 5.91 Å². The highest BCUT2D eigenvalue weighted by Gasteiger charge is 2.17. The number of amides is 1. The van der Waals surface area contributed by atoms with Crippen molar-refractivity contribution in [3.63, 3.8) is 0 Å². The minimum absolute atomic E-state index is 0.0428. The molecule has 0 aliphatic rings. The summed E-state index contributed by atoms with van der Waals surface area (Å²) in [6.45, 7) is 4.28. The van der Waals surface area contributed by atoms with Gasteiger partial charge in [0.1, 0.15) is 11.6 Å². The predicted octanol–water partition coefficient (Wildman–Crippen LogP) is 2.63. The molecule has 2 rings (SSSR count). The lowest BCUT2D eigenvalue weighted by atomic mass is 10.2. The van der Waals surface area contributed by atoms with E-state index in [0.29, 0.717) is 30.0 Å². The van der Waals surface area contributed by atoms with E-state index < -0.39 is 5.82 Å². The van der Waals surface area contributed by atoms with Gasteiger partial charge in [-0.25, -0.2) is 19.1 Å². The second-order valence-corrected chi connectivity index (χ2v) is 5.75. The average Bonchev–Trinajstić information content (AvgIpc) is 2.88. The first kappa shape index (κ1) is 16.5. The van der Waals surface area contributed by atoms with Gasteiger partial charge >= 0.3 is 0 Å². The van der Waals surface area contributed by atoms with Crippen LogP contribution in [0.1, 0.15) is 19.2 Å². The fourth-order valence-electron chi connectivity index (χ4n) is 2.17. The molecule has 22 heavy (non-hydrogen) atoms. The molecule has 0 saturated heterocycles. The zero-order chi connectivity index (χ0) is 16.1. The molecule has 0 aliphatic carbocycles. The number of aromatic nitrogens is 3. The summed E-state index contributed by atoms with van der Waals surface area (Å²) in [5, 5.41) is 1.65. The van der Waals surface area contributed by atoms with Crippen LogP contribution in [-0.2, 0) is 4.79 Å². The molecule has 0 fully saturated rings.